The Kier molecular flexibility index (Phi) is 14.1. The molecule has 0 radical (unpaired) electrons. The number of likely N-dealkylation sites (N-methyl/N-ethyl adjacent to an activating group) is 1. The second-order valence-electron chi connectivity index (χ2n) is 13.9. The van der Waals surface area contributed by atoms with Gasteiger partial charge in [-0.25, -0.2) is 4.79 Å². The second-order valence-corrected chi connectivity index (χ2v) is 13.9. The van der Waals surface area contributed by atoms with Crippen LogP contribution < -0.4 is 21.7 Å². The van der Waals surface area contributed by atoms with Crippen molar-refractivity contribution in [1.82, 2.24) is 25.4 Å². The van der Waals surface area contributed by atoms with Gasteiger partial charge in [-0.2, -0.15) is 0 Å². The number of carbonyl (C=O) groups excluding carboxylic acids is 5. The van der Waals surface area contributed by atoms with Crippen LogP contribution in [0.1, 0.15) is 56.7 Å². The Bertz CT molecular complexity index is 1800. The number of nitrogens with two attached hydrogens (primary N) is 1. The number of aromatic nitrogens is 1. The monoisotopic (exact) mass is 710 g/mol. The lowest BCUT2D eigenvalue weighted by atomic mass is 10.0. The molecule has 0 spiro atoms. The number of alkyl carbamates (subject to hydrolysis) is 1. The van der Waals surface area contributed by atoms with E-state index < -0.39 is 41.6 Å². The van der Waals surface area contributed by atoms with Crippen LogP contribution in [0, 0.1) is 0 Å². The highest BCUT2D eigenvalue weighted by Gasteiger charge is 2.32. The smallest absolute Gasteiger partial charge is 0.408 e. The van der Waals surface area contributed by atoms with Crippen LogP contribution in [-0.2, 0) is 43.3 Å². The number of amides is 4. The fraction of sp³-hybridized carbons (Fsp3) is 0.375. The third-order valence-electron chi connectivity index (χ3n) is 8.48. The minimum Gasteiger partial charge on any atom is -0.444 e. The largest absolute Gasteiger partial charge is 0.444 e. The second kappa shape index (κ2) is 18.7. The lowest BCUT2D eigenvalue weighted by molar-refractivity contribution is -0.137. The number of para-hydroxylation sites is 1. The molecule has 12 nitrogen and oxygen atoms in total. The summed E-state index contributed by atoms with van der Waals surface area (Å²) < 4.78 is 6.84. The molecule has 5 N–H and O–H groups in total. The fourth-order valence-electron chi connectivity index (χ4n) is 5.96. The Morgan fingerprint density at radius 1 is 0.788 bits per heavy atom. The molecule has 3 atom stereocenters. The first-order valence-electron chi connectivity index (χ1n) is 17.6. The lowest BCUT2D eigenvalue weighted by Gasteiger charge is -2.28. The van der Waals surface area contributed by atoms with Gasteiger partial charge in [-0.1, -0.05) is 78.9 Å². The number of rotatable bonds is 17. The number of hydrogen-bond donors (Lipinski definition) is 4. The van der Waals surface area contributed by atoms with E-state index in [1.54, 1.807) is 51.0 Å². The standard InChI is InChI=1S/C40H50N6O6/c1-40(2,3)52-39(51)44-32(20-13-14-22-41)36(48)42-33(24-30-26-46(27-47)35-21-12-11-19-31(30)35)37(49)43-34(23-28-15-7-5-8-16-28)38(50)45(4)25-29-17-9-6-10-18-29/h5-12,15-19,21,26-27,32-34H,13-14,20,22-25,41H2,1-4H3,(H,42,48)(H,43,49)(H,44,51)/t32?,33-,34+/m1/s1. The van der Waals surface area contributed by atoms with Gasteiger partial charge in [0.2, 0.25) is 24.1 Å². The number of unbranched alkanes of at least 4 members (excludes halogenated alkanes) is 1. The Balaban J connectivity index is 1.66. The van der Waals surface area contributed by atoms with Gasteiger partial charge in [0.15, 0.2) is 0 Å². The molecule has 1 heterocycles. The number of nitrogens with one attached hydrogen (secondary N) is 3. The van der Waals surface area contributed by atoms with E-state index in [9.17, 15) is 24.0 Å². The molecule has 52 heavy (non-hydrogen) atoms. The van der Waals surface area contributed by atoms with E-state index in [0.717, 1.165) is 16.5 Å². The summed E-state index contributed by atoms with van der Waals surface area (Å²) in [6, 6.07) is 22.9. The molecule has 4 rings (SSSR count). The van der Waals surface area contributed by atoms with Crippen molar-refractivity contribution < 1.29 is 28.7 Å². The summed E-state index contributed by atoms with van der Waals surface area (Å²) in [6.45, 7) is 5.89. The van der Waals surface area contributed by atoms with E-state index >= 15 is 0 Å². The maximum absolute atomic E-state index is 14.4. The molecule has 4 aromatic rings. The molecule has 0 saturated carbocycles. The molecule has 0 fully saturated rings. The Morgan fingerprint density at radius 3 is 2.02 bits per heavy atom. The van der Waals surface area contributed by atoms with Gasteiger partial charge in [0.1, 0.15) is 23.7 Å². The normalized spacial score (nSPS) is 13.0. The molecule has 0 aliphatic rings. The number of hydrogen-bond acceptors (Lipinski definition) is 7. The quantitative estimate of drug-likeness (QED) is 0.0946. The summed E-state index contributed by atoms with van der Waals surface area (Å²) in [5, 5.41) is 9.18. The SMILES string of the molecule is CN(Cc1ccccc1)C(=O)[C@H](Cc1ccccc1)NC(=O)[C@@H](Cc1cn(C=O)c2ccccc12)NC(=O)C(CCCCN)NC(=O)OC(C)(C)C. The third-order valence-corrected chi connectivity index (χ3v) is 8.48. The number of ether oxygens (including phenoxy) is 1. The van der Waals surface area contributed by atoms with E-state index in [-0.39, 0.29) is 25.2 Å². The molecule has 1 aromatic heterocycles. The van der Waals surface area contributed by atoms with E-state index in [1.807, 2.05) is 72.8 Å². The molecular weight excluding hydrogens is 660 g/mol. The summed E-state index contributed by atoms with van der Waals surface area (Å²) in [5.74, 6) is -1.51. The third kappa shape index (κ3) is 11.5. The molecule has 276 valence electrons. The van der Waals surface area contributed by atoms with Crippen molar-refractivity contribution in [1.29, 1.82) is 0 Å². The Labute approximate surface area is 305 Å². The highest BCUT2D eigenvalue weighted by Crippen LogP contribution is 2.22. The van der Waals surface area contributed by atoms with Crippen molar-refractivity contribution in [3.8, 4) is 0 Å². The van der Waals surface area contributed by atoms with Crippen molar-refractivity contribution in [2.45, 2.75) is 83.1 Å². The average Bonchev–Trinajstić information content (AvgIpc) is 3.47. The topological polar surface area (TPSA) is 165 Å². The summed E-state index contributed by atoms with van der Waals surface area (Å²) in [7, 11) is 1.68. The van der Waals surface area contributed by atoms with Crippen molar-refractivity contribution in [3.05, 3.63) is 108 Å². The highest BCUT2D eigenvalue weighted by atomic mass is 16.6. The molecule has 0 bridgehead atoms. The lowest BCUT2D eigenvalue weighted by Crippen LogP contribution is -2.58. The van der Waals surface area contributed by atoms with E-state index in [2.05, 4.69) is 16.0 Å². The van der Waals surface area contributed by atoms with E-state index in [0.29, 0.717) is 43.4 Å². The van der Waals surface area contributed by atoms with Crippen LogP contribution in [0.2, 0.25) is 0 Å². The first-order chi connectivity index (χ1) is 24.9. The van der Waals surface area contributed by atoms with E-state index in [4.69, 9.17) is 10.5 Å². The molecule has 1 unspecified atom stereocenters. The number of carbonyl (C=O) groups is 5. The number of nitrogens with zero attached hydrogens (tertiary/aromatic N) is 2. The summed E-state index contributed by atoms with van der Waals surface area (Å²) in [6.07, 6.45) is 3.14. The molecule has 0 aliphatic heterocycles. The molecule has 4 amide bonds. The maximum Gasteiger partial charge on any atom is 0.408 e. The van der Waals surface area contributed by atoms with Crippen LogP contribution in [0.5, 0.6) is 0 Å². The predicted octanol–water partition coefficient (Wildman–Crippen LogP) is 4.12. The zero-order valence-electron chi connectivity index (χ0n) is 30.3. The van der Waals surface area contributed by atoms with Crippen molar-refractivity contribution in [2.24, 2.45) is 5.73 Å². The molecule has 0 aliphatic carbocycles. The average molecular weight is 711 g/mol. The molecule has 3 aromatic carbocycles. The number of benzene rings is 3. The van der Waals surface area contributed by atoms with Crippen LogP contribution in [0.3, 0.4) is 0 Å². The van der Waals surface area contributed by atoms with Gasteiger partial charge in [0.25, 0.3) is 0 Å². The van der Waals surface area contributed by atoms with Gasteiger partial charge in [0, 0.05) is 38.0 Å². The Hall–Kier alpha value is -5.49. The van der Waals surface area contributed by atoms with Crippen molar-refractivity contribution >= 4 is 41.1 Å². The number of fused-ring (bicyclic) bond motifs is 1. The van der Waals surface area contributed by atoms with Gasteiger partial charge in [-0.3, -0.25) is 23.7 Å². The highest BCUT2D eigenvalue weighted by molar-refractivity contribution is 5.95. The van der Waals surface area contributed by atoms with Crippen LogP contribution in [0.15, 0.2) is 91.1 Å². The van der Waals surface area contributed by atoms with Gasteiger partial charge < -0.3 is 31.3 Å². The maximum atomic E-state index is 14.4. The summed E-state index contributed by atoms with van der Waals surface area (Å²) in [5.41, 5.74) is 7.95. The van der Waals surface area contributed by atoms with Crippen LogP contribution in [0.25, 0.3) is 10.9 Å². The van der Waals surface area contributed by atoms with Gasteiger partial charge in [-0.15, -0.1) is 0 Å². The molecule has 12 heteroatoms. The molecule has 0 saturated heterocycles. The van der Waals surface area contributed by atoms with Gasteiger partial charge in [-0.05, 0) is 69.3 Å². The van der Waals surface area contributed by atoms with Crippen LogP contribution >= 0.6 is 0 Å². The fourth-order valence-corrected chi connectivity index (χ4v) is 5.96. The minimum absolute atomic E-state index is 0.00696. The van der Waals surface area contributed by atoms with Crippen molar-refractivity contribution in [3.63, 3.8) is 0 Å². The van der Waals surface area contributed by atoms with Gasteiger partial charge >= 0.3 is 6.09 Å². The minimum atomic E-state index is -1.19. The van der Waals surface area contributed by atoms with E-state index in [1.165, 1.54) is 4.57 Å². The van der Waals surface area contributed by atoms with Crippen LogP contribution in [0.4, 0.5) is 4.79 Å². The van der Waals surface area contributed by atoms with Crippen LogP contribution in [-0.4, -0.2) is 77.0 Å². The predicted molar refractivity (Wildman–Crippen MR) is 201 cm³/mol. The molecular formula is C40H50N6O6. The summed E-state index contributed by atoms with van der Waals surface area (Å²) in [4.78, 5) is 68.6. The zero-order valence-corrected chi connectivity index (χ0v) is 30.3. The van der Waals surface area contributed by atoms with Gasteiger partial charge in [0.05, 0.1) is 5.52 Å². The first kappa shape index (κ1) is 39.3. The van der Waals surface area contributed by atoms with Crippen molar-refractivity contribution in [2.75, 3.05) is 13.6 Å². The Morgan fingerprint density at radius 2 is 1.38 bits per heavy atom. The summed E-state index contributed by atoms with van der Waals surface area (Å²) >= 11 is 0. The first-order valence-corrected chi connectivity index (χ1v) is 17.6. The zero-order chi connectivity index (χ0) is 37.7.